The molecule has 2 N–H and O–H groups in total. The summed E-state index contributed by atoms with van der Waals surface area (Å²) < 4.78 is 13.1. The van der Waals surface area contributed by atoms with Crippen LogP contribution in [0.5, 0.6) is 11.5 Å². The van der Waals surface area contributed by atoms with Crippen molar-refractivity contribution in [2.24, 2.45) is 5.41 Å². The number of amides is 2. The quantitative estimate of drug-likeness (QED) is 0.753. The molecule has 0 spiro atoms. The number of imidazole rings is 1. The van der Waals surface area contributed by atoms with Crippen molar-refractivity contribution in [3.8, 4) is 22.9 Å². The number of rotatable bonds is 4. The average Bonchev–Trinajstić information content (AvgIpc) is 3.30. The Bertz CT molecular complexity index is 1040. The second-order valence-electron chi connectivity index (χ2n) is 9.43. The number of likely N-dealkylation sites (N-methyl/N-ethyl adjacent to an activating group) is 1. The molecule has 3 heterocycles. The molecule has 2 aromatic rings. The van der Waals surface area contributed by atoms with Crippen LogP contribution < -0.4 is 20.1 Å². The number of aromatic nitrogens is 2. The summed E-state index contributed by atoms with van der Waals surface area (Å²) in [4.78, 5) is 32.8. The first-order valence-electron chi connectivity index (χ1n) is 10.9. The van der Waals surface area contributed by atoms with Crippen molar-refractivity contribution in [1.82, 2.24) is 25.1 Å². The third-order valence-electron chi connectivity index (χ3n) is 5.91. The Balaban J connectivity index is 1.75. The van der Waals surface area contributed by atoms with Gasteiger partial charge in [-0.15, -0.1) is 0 Å². The smallest absolute Gasteiger partial charge is 0.272 e. The van der Waals surface area contributed by atoms with Crippen LogP contribution in [0.25, 0.3) is 11.4 Å². The number of hydrogen-bond acceptors (Lipinski definition) is 6. The van der Waals surface area contributed by atoms with Crippen molar-refractivity contribution < 1.29 is 19.1 Å². The number of ether oxygens (including phenoxy) is 2. The first-order chi connectivity index (χ1) is 15.2. The predicted octanol–water partition coefficient (Wildman–Crippen LogP) is 2.00. The van der Waals surface area contributed by atoms with Gasteiger partial charge in [-0.1, -0.05) is 20.8 Å². The second kappa shape index (κ2) is 8.46. The molecule has 172 valence electrons. The van der Waals surface area contributed by atoms with Crippen LogP contribution in [0.1, 0.15) is 43.4 Å². The van der Waals surface area contributed by atoms with E-state index in [2.05, 4.69) is 20.1 Å². The van der Waals surface area contributed by atoms with Gasteiger partial charge in [-0.3, -0.25) is 9.59 Å². The van der Waals surface area contributed by atoms with Crippen LogP contribution in [0.4, 0.5) is 0 Å². The fraction of sp³-hybridized carbons (Fsp3) is 0.522. The number of fused-ring (bicyclic) bond motifs is 2. The summed E-state index contributed by atoms with van der Waals surface area (Å²) >= 11 is 0. The highest BCUT2D eigenvalue weighted by atomic mass is 16.7. The van der Waals surface area contributed by atoms with Crippen LogP contribution in [0.15, 0.2) is 18.2 Å². The summed E-state index contributed by atoms with van der Waals surface area (Å²) in [7, 11) is 3.61. The highest BCUT2D eigenvalue weighted by Crippen LogP contribution is 2.36. The molecule has 2 amide bonds. The van der Waals surface area contributed by atoms with Crippen LogP contribution >= 0.6 is 0 Å². The van der Waals surface area contributed by atoms with E-state index in [-0.39, 0.29) is 18.6 Å². The third kappa shape index (κ3) is 4.17. The number of benzene rings is 1. The van der Waals surface area contributed by atoms with Crippen molar-refractivity contribution in [2.75, 3.05) is 27.4 Å². The largest absolute Gasteiger partial charge is 0.454 e. The van der Waals surface area contributed by atoms with Crippen molar-refractivity contribution in [3.05, 3.63) is 29.6 Å². The maximum atomic E-state index is 13.4. The fourth-order valence-electron chi connectivity index (χ4n) is 4.18. The Kier molecular flexibility index (Phi) is 5.85. The van der Waals surface area contributed by atoms with E-state index in [1.807, 2.05) is 46.0 Å². The first kappa shape index (κ1) is 22.1. The van der Waals surface area contributed by atoms with Gasteiger partial charge in [-0.05, 0) is 43.6 Å². The predicted molar refractivity (Wildman–Crippen MR) is 120 cm³/mol. The Hall–Kier alpha value is -3.07. The lowest BCUT2D eigenvalue weighted by Gasteiger charge is -2.29. The van der Waals surface area contributed by atoms with E-state index in [4.69, 9.17) is 14.5 Å². The lowest BCUT2D eigenvalue weighted by Crippen LogP contribution is -2.53. The van der Waals surface area contributed by atoms with Crippen LogP contribution in [0, 0.1) is 5.41 Å². The molecule has 9 nitrogen and oxygen atoms in total. The minimum absolute atomic E-state index is 0.199. The highest BCUT2D eigenvalue weighted by Gasteiger charge is 2.34. The molecule has 2 aliphatic heterocycles. The van der Waals surface area contributed by atoms with Gasteiger partial charge in [0.1, 0.15) is 11.9 Å². The molecule has 1 aromatic heterocycles. The van der Waals surface area contributed by atoms with Gasteiger partial charge in [0.25, 0.3) is 5.91 Å². The maximum Gasteiger partial charge on any atom is 0.272 e. The molecule has 9 heteroatoms. The van der Waals surface area contributed by atoms with E-state index in [9.17, 15) is 9.59 Å². The minimum atomic E-state index is -0.685. The summed E-state index contributed by atoms with van der Waals surface area (Å²) in [6.07, 6.45) is 0.946. The Morgan fingerprint density at radius 2 is 1.91 bits per heavy atom. The summed E-state index contributed by atoms with van der Waals surface area (Å²) in [5.41, 5.74) is 1.60. The number of hydrogen-bond donors (Lipinski definition) is 2. The maximum absolute atomic E-state index is 13.4. The zero-order valence-electron chi connectivity index (χ0n) is 19.3. The van der Waals surface area contributed by atoms with Crippen molar-refractivity contribution in [1.29, 1.82) is 0 Å². The van der Waals surface area contributed by atoms with Crippen molar-refractivity contribution in [3.63, 3.8) is 0 Å². The Morgan fingerprint density at radius 1 is 1.16 bits per heavy atom. The first-order valence-corrected chi connectivity index (χ1v) is 10.9. The van der Waals surface area contributed by atoms with Crippen LogP contribution in [-0.4, -0.2) is 59.7 Å². The normalized spacial score (nSPS) is 16.8. The Morgan fingerprint density at radius 3 is 2.62 bits per heavy atom. The molecule has 0 saturated carbocycles. The Labute approximate surface area is 188 Å². The van der Waals surface area contributed by atoms with Gasteiger partial charge in [0, 0.05) is 25.7 Å². The van der Waals surface area contributed by atoms with E-state index < -0.39 is 11.5 Å². The number of nitrogens with zero attached hydrogens (tertiary/aromatic N) is 3. The highest BCUT2D eigenvalue weighted by molar-refractivity contribution is 5.98. The lowest BCUT2D eigenvalue weighted by molar-refractivity contribution is -0.124. The summed E-state index contributed by atoms with van der Waals surface area (Å²) in [6, 6.07) is 5.01. The van der Waals surface area contributed by atoms with Gasteiger partial charge in [0.2, 0.25) is 12.7 Å². The van der Waals surface area contributed by atoms with Gasteiger partial charge in [0.15, 0.2) is 17.2 Å². The van der Waals surface area contributed by atoms with Gasteiger partial charge in [-0.25, -0.2) is 4.98 Å². The minimum Gasteiger partial charge on any atom is -0.454 e. The van der Waals surface area contributed by atoms with Gasteiger partial charge >= 0.3 is 0 Å². The molecule has 2 aliphatic rings. The molecule has 32 heavy (non-hydrogen) atoms. The van der Waals surface area contributed by atoms with E-state index >= 15 is 0 Å². The SMILES string of the molecule is CNC(=O)[C@H](NC(=O)c1nc(-c2ccc3c(c2)OCO3)n2c1CN(C)CCC2)C(C)(C)C. The summed E-state index contributed by atoms with van der Waals surface area (Å²) in [5.74, 6) is 1.51. The van der Waals surface area contributed by atoms with Gasteiger partial charge in [0.05, 0.1) is 5.69 Å². The van der Waals surface area contributed by atoms with Crippen LogP contribution in [0.3, 0.4) is 0 Å². The second-order valence-corrected chi connectivity index (χ2v) is 9.43. The molecule has 1 atom stereocenters. The molecule has 0 radical (unpaired) electrons. The summed E-state index contributed by atoms with van der Waals surface area (Å²) in [5, 5.41) is 5.58. The molecule has 4 rings (SSSR count). The molecule has 0 fully saturated rings. The molecule has 0 aliphatic carbocycles. The molecular weight excluding hydrogens is 410 g/mol. The molecule has 1 aromatic carbocycles. The van der Waals surface area contributed by atoms with Crippen LogP contribution in [0.2, 0.25) is 0 Å². The van der Waals surface area contributed by atoms with E-state index in [0.29, 0.717) is 29.6 Å². The number of carbonyl (C=O) groups is 2. The average molecular weight is 442 g/mol. The van der Waals surface area contributed by atoms with Gasteiger partial charge < -0.3 is 29.6 Å². The van der Waals surface area contributed by atoms with E-state index in [1.165, 1.54) is 0 Å². The lowest BCUT2D eigenvalue weighted by atomic mass is 9.86. The zero-order chi connectivity index (χ0) is 23.0. The topological polar surface area (TPSA) is 97.7 Å². The van der Waals surface area contributed by atoms with Crippen LogP contribution in [-0.2, 0) is 17.9 Å². The molecule has 0 unspecified atom stereocenters. The standard InChI is InChI=1S/C23H31N5O4/c1-23(2,3)19(22(30)24-4)26-21(29)18-15-12-27(5)9-6-10-28(15)20(25-18)14-7-8-16-17(11-14)32-13-31-16/h7-8,11,19H,6,9-10,12-13H2,1-5H3,(H,24,30)(H,26,29)/t19-/m0/s1. The third-order valence-corrected chi connectivity index (χ3v) is 5.91. The zero-order valence-corrected chi connectivity index (χ0v) is 19.3. The number of nitrogens with one attached hydrogen (secondary N) is 2. The molecule has 0 bridgehead atoms. The van der Waals surface area contributed by atoms with Crippen molar-refractivity contribution in [2.45, 2.75) is 46.3 Å². The molecular formula is C23H31N5O4. The monoisotopic (exact) mass is 441 g/mol. The fourth-order valence-corrected chi connectivity index (χ4v) is 4.18. The van der Waals surface area contributed by atoms with Gasteiger partial charge in [-0.2, -0.15) is 0 Å². The van der Waals surface area contributed by atoms with E-state index in [1.54, 1.807) is 7.05 Å². The number of carbonyl (C=O) groups excluding carboxylic acids is 2. The summed E-state index contributed by atoms with van der Waals surface area (Å²) in [6.45, 7) is 8.24. The van der Waals surface area contributed by atoms with E-state index in [0.717, 1.165) is 30.8 Å². The van der Waals surface area contributed by atoms with Crippen molar-refractivity contribution >= 4 is 11.8 Å². The molecule has 0 saturated heterocycles.